The van der Waals surface area contributed by atoms with Crippen LogP contribution in [0.3, 0.4) is 0 Å². The van der Waals surface area contributed by atoms with E-state index in [-0.39, 0.29) is 5.78 Å². The van der Waals surface area contributed by atoms with Gasteiger partial charge in [0.1, 0.15) is 0 Å². The molecule has 0 saturated carbocycles. The molecule has 0 radical (unpaired) electrons. The van der Waals surface area contributed by atoms with Gasteiger partial charge in [-0.05, 0) is 18.2 Å². The van der Waals surface area contributed by atoms with Crippen molar-refractivity contribution in [3.8, 4) is 0 Å². The van der Waals surface area contributed by atoms with Gasteiger partial charge in [-0.15, -0.1) is 0 Å². The van der Waals surface area contributed by atoms with Crippen LogP contribution in [-0.2, 0) is 0 Å². The molecule has 0 saturated heterocycles. The maximum atomic E-state index is 10.7. The van der Waals surface area contributed by atoms with E-state index in [0.29, 0.717) is 5.76 Å². The zero-order chi connectivity index (χ0) is 8.69. The Morgan fingerprint density at radius 1 is 1.64 bits per heavy atom. The Hall–Kier alpha value is -1.31. The third kappa shape index (κ3) is 2.85. The number of allylic oxidation sites excluding steroid dienone is 1. The lowest BCUT2D eigenvalue weighted by Crippen LogP contribution is -1.88. The summed E-state index contributed by atoms with van der Waals surface area (Å²) < 4.78 is 4.77. The molecule has 1 heterocycles. The molecule has 1 aromatic rings. The molecule has 11 heavy (non-hydrogen) atoms. The smallest absolute Gasteiger partial charge is 0.220 e. The monoisotopic (exact) mass is 152 g/mol. The minimum Gasteiger partial charge on any atom is -0.461 e. The Morgan fingerprint density at radius 3 is 2.64 bits per heavy atom. The Bertz CT molecular complexity index is 209. The first-order valence-electron chi connectivity index (χ1n) is 3.55. The van der Waals surface area contributed by atoms with Crippen LogP contribution in [0.15, 0.2) is 35.5 Å². The molecule has 0 amide bonds. The fourth-order valence-electron chi connectivity index (χ4n) is 0.519. The molecule has 0 spiro atoms. The molecule has 0 aromatic carbocycles. The van der Waals surface area contributed by atoms with Gasteiger partial charge in [-0.2, -0.15) is 0 Å². The Morgan fingerprint density at radius 2 is 2.27 bits per heavy atom. The van der Waals surface area contributed by atoms with Crippen LogP contribution in [0.4, 0.5) is 0 Å². The van der Waals surface area contributed by atoms with Gasteiger partial charge in [0.05, 0.1) is 6.26 Å². The molecule has 1 aromatic heterocycles. The van der Waals surface area contributed by atoms with Crippen molar-refractivity contribution in [2.75, 3.05) is 0 Å². The highest BCUT2D eigenvalue weighted by Gasteiger charge is 2.00. The van der Waals surface area contributed by atoms with Gasteiger partial charge in [0.15, 0.2) is 5.76 Å². The maximum Gasteiger partial charge on any atom is 0.220 e. The second kappa shape index (κ2) is 5.47. The second-order valence-corrected chi connectivity index (χ2v) is 1.55. The van der Waals surface area contributed by atoms with Gasteiger partial charge < -0.3 is 4.42 Å². The minimum absolute atomic E-state index is 0.181. The number of hydrogen-bond donors (Lipinski definition) is 0. The Balaban J connectivity index is 0.000000461. The molecule has 0 aliphatic heterocycles. The molecule has 0 aliphatic carbocycles. The van der Waals surface area contributed by atoms with E-state index in [0.717, 1.165) is 0 Å². The molecule has 60 valence electrons. The third-order valence-corrected chi connectivity index (χ3v) is 0.949. The van der Waals surface area contributed by atoms with Crippen molar-refractivity contribution in [3.05, 3.63) is 36.8 Å². The lowest BCUT2D eigenvalue weighted by Gasteiger charge is -1.82. The Kier molecular flexibility index (Phi) is 4.82. The zero-order valence-corrected chi connectivity index (χ0v) is 6.83. The summed E-state index contributed by atoms with van der Waals surface area (Å²) in [7, 11) is 0. The predicted octanol–water partition coefficient (Wildman–Crippen LogP) is 2.67. The molecule has 0 unspecified atom stereocenters. The summed E-state index contributed by atoms with van der Waals surface area (Å²) in [6.07, 6.45) is 2.68. The van der Waals surface area contributed by atoms with Crippen LogP contribution < -0.4 is 0 Å². The molecule has 0 aliphatic rings. The SMILES string of the molecule is C=CC(=O)c1ccco1.CC. The van der Waals surface area contributed by atoms with E-state index in [9.17, 15) is 4.79 Å². The van der Waals surface area contributed by atoms with Crippen LogP contribution in [0.25, 0.3) is 0 Å². The zero-order valence-electron chi connectivity index (χ0n) is 6.83. The van der Waals surface area contributed by atoms with Crippen LogP contribution in [0.2, 0.25) is 0 Å². The number of carbonyl (C=O) groups is 1. The summed E-state index contributed by atoms with van der Waals surface area (Å²) in [6.45, 7) is 7.31. The van der Waals surface area contributed by atoms with Gasteiger partial charge >= 0.3 is 0 Å². The summed E-state index contributed by atoms with van der Waals surface area (Å²) in [5.74, 6) is 0.157. The lowest BCUT2D eigenvalue weighted by atomic mass is 10.3. The van der Waals surface area contributed by atoms with E-state index < -0.39 is 0 Å². The fraction of sp³-hybridized carbons (Fsp3) is 0.222. The number of rotatable bonds is 2. The van der Waals surface area contributed by atoms with E-state index in [1.165, 1.54) is 12.3 Å². The lowest BCUT2D eigenvalue weighted by molar-refractivity contribution is 0.102. The van der Waals surface area contributed by atoms with E-state index in [1.54, 1.807) is 12.1 Å². The molecule has 0 fully saturated rings. The molecule has 0 N–H and O–H groups in total. The van der Waals surface area contributed by atoms with Crippen molar-refractivity contribution < 1.29 is 9.21 Å². The van der Waals surface area contributed by atoms with Crippen LogP contribution in [0, 0.1) is 0 Å². The molecule has 2 nitrogen and oxygen atoms in total. The highest BCUT2D eigenvalue weighted by molar-refractivity contribution is 6.01. The average molecular weight is 152 g/mol. The number of ketones is 1. The molecule has 0 atom stereocenters. The van der Waals surface area contributed by atoms with Crippen molar-refractivity contribution >= 4 is 5.78 Å². The van der Waals surface area contributed by atoms with E-state index >= 15 is 0 Å². The van der Waals surface area contributed by atoms with Gasteiger partial charge in [-0.3, -0.25) is 4.79 Å². The fourth-order valence-corrected chi connectivity index (χ4v) is 0.519. The Labute approximate surface area is 66.5 Å². The number of carbonyl (C=O) groups excluding carboxylic acids is 1. The van der Waals surface area contributed by atoms with Gasteiger partial charge in [-0.25, -0.2) is 0 Å². The van der Waals surface area contributed by atoms with E-state index in [4.69, 9.17) is 4.42 Å². The summed E-state index contributed by atoms with van der Waals surface area (Å²) in [6, 6.07) is 3.26. The number of hydrogen-bond acceptors (Lipinski definition) is 2. The van der Waals surface area contributed by atoms with E-state index in [2.05, 4.69) is 6.58 Å². The third-order valence-electron chi connectivity index (χ3n) is 0.949. The van der Waals surface area contributed by atoms with Gasteiger partial charge in [0.25, 0.3) is 0 Å². The second-order valence-electron chi connectivity index (χ2n) is 1.55. The summed E-state index contributed by atoms with van der Waals surface area (Å²) in [5.41, 5.74) is 0. The van der Waals surface area contributed by atoms with Crippen molar-refractivity contribution in [3.63, 3.8) is 0 Å². The van der Waals surface area contributed by atoms with Crippen LogP contribution >= 0.6 is 0 Å². The van der Waals surface area contributed by atoms with Crippen molar-refractivity contribution in [1.82, 2.24) is 0 Å². The summed E-state index contributed by atoms with van der Waals surface area (Å²) in [4.78, 5) is 10.7. The topological polar surface area (TPSA) is 30.2 Å². The van der Waals surface area contributed by atoms with Crippen molar-refractivity contribution in [2.24, 2.45) is 0 Å². The first kappa shape index (κ1) is 9.69. The quantitative estimate of drug-likeness (QED) is 0.481. The van der Waals surface area contributed by atoms with Gasteiger partial charge in [0.2, 0.25) is 5.78 Å². The van der Waals surface area contributed by atoms with Crippen LogP contribution in [0.1, 0.15) is 24.4 Å². The van der Waals surface area contributed by atoms with Gasteiger partial charge in [0, 0.05) is 0 Å². The summed E-state index contributed by atoms with van der Waals surface area (Å²) >= 11 is 0. The highest BCUT2D eigenvalue weighted by Crippen LogP contribution is 2.00. The number of furan rings is 1. The van der Waals surface area contributed by atoms with Crippen LogP contribution in [-0.4, -0.2) is 5.78 Å². The average Bonchev–Trinajstić information content (AvgIpc) is 2.59. The first-order chi connectivity index (χ1) is 5.34. The van der Waals surface area contributed by atoms with Crippen molar-refractivity contribution in [2.45, 2.75) is 13.8 Å². The molecule has 2 heteroatoms. The van der Waals surface area contributed by atoms with E-state index in [1.807, 2.05) is 13.8 Å². The molecule has 0 bridgehead atoms. The standard InChI is InChI=1S/C7H6O2.C2H6/c1-2-6(8)7-4-3-5-9-7;1-2/h2-5H,1H2;1-2H3. The van der Waals surface area contributed by atoms with Crippen molar-refractivity contribution in [1.29, 1.82) is 0 Å². The minimum atomic E-state index is -0.181. The first-order valence-corrected chi connectivity index (χ1v) is 3.55. The highest BCUT2D eigenvalue weighted by atomic mass is 16.3. The normalized spacial score (nSPS) is 7.82. The largest absolute Gasteiger partial charge is 0.461 e. The maximum absolute atomic E-state index is 10.7. The van der Waals surface area contributed by atoms with Crippen LogP contribution in [0.5, 0.6) is 0 Å². The molecular formula is C9H12O2. The predicted molar refractivity (Wildman–Crippen MR) is 44.6 cm³/mol. The molecular weight excluding hydrogens is 140 g/mol. The summed E-state index contributed by atoms with van der Waals surface area (Å²) in [5, 5.41) is 0. The van der Waals surface area contributed by atoms with Gasteiger partial charge in [-0.1, -0.05) is 20.4 Å². The molecule has 1 rings (SSSR count).